The molecule has 27 heavy (non-hydrogen) atoms. The predicted octanol–water partition coefficient (Wildman–Crippen LogP) is 2.04. The molecule has 0 aromatic heterocycles. The highest BCUT2D eigenvalue weighted by molar-refractivity contribution is 6.01. The summed E-state index contributed by atoms with van der Waals surface area (Å²) in [4.78, 5) is 38.4. The van der Waals surface area contributed by atoms with Crippen LogP contribution in [0.5, 0.6) is 0 Å². The first-order chi connectivity index (χ1) is 13.0. The number of imide groups is 1. The van der Waals surface area contributed by atoms with Crippen LogP contribution < -0.4 is 5.32 Å². The molecule has 2 aliphatic rings. The van der Waals surface area contributed by atoms with Gasteiger partial charge in [-0.05, 0) is 75.0 Å². The van der Waals surface area contributed by atoms with Crippen molar-refractivity contribution in [1.82, 2.24) is 15.1 Å². The van der Waals surface area contributed by atoms with E-state index in [0.29, 0.717) is 18.7 Å². The smallest absolute Gasteiger partial charge is 0.249 e. The normalized spacial score (nSPS) is 22.1. The molecule has 0 spiro atoms. The molecule has 6 heteroatoms. The lowest BCUT2D eigenvalue weighted by atomic mass is 9.88. The van der Waals surface area contributed by atoms with E-state index in [9.17, 15) is 14.4 Å². The number of nitrogens with one attached hydrogen (secondary N) is 1. The van der Waals surface area contributed by atoms with Gasteiger partial charge in [-0.2, -0.15) is 0 Å². The van der Waals surface area contributed by atoms with E-state index in [1.807, 2.05) is 6.08 Å². The van der Waals surface area contributed by atoms with Crippen molar-refractivity contribution in [2.45, 2.75) is 44.6 Å². The van der Waals surface area contributed by atoms with Gasteiger partial charge in [-0.25, -0.2) is 0 Å². The fourth-order valence-corrected chi connectivity index (χ4v) is 3.83. The van der Waals surface area contributed by atoms with Crippen LogP contribution in [-0.2, 0) is 14.4 Å². The third kappa shape index (κ3) is 4.63. The topological polar surface area (TPSA) is 69.7 Å². The summed E-state index contributed by atoms with van der Waals surface area (Å²) in [6.45, 7) is 4.33. The minimum atomic E-state index is -0.629. The van der Waals surface area contributed by atoms with Gasteiger partial charge in [-0.1, -0.05) is 18.2 Å². The van der Waals surface area contributed by atoms with E-state index < -0.39 is 11.9 Å². The van der Waals surface area contributed by atoms with Crippen LogP contribution in [0.3, 0.4) is 0 Å². The Labute approximate surface area is 160 Å². The number of piperidine rings is 2. The zero-order valence-electron chi connectivity index (χ0n) is 16.0. The fraction of sp³-hybridized carbons (Fsp3) is 0.476. The first kappa shape index (κ1) is 19.3. The maximum absolute atomic E-state index is 12.0. The number of hydrogen-bond donors (Lipinski definition) is 1. The van der Waals surface area contributed by atoms with Crippen molar-refractivity contribution < 1.29 is 14.4 Å². The Morgan fingerprint density at radius 3 is 2.56 bits per heavy atom. The summed E-state index contributed by atoms with van der Waals surface area (Å²) in [6.07, 6.45) is 7.08. The van der Waals surface area contributed by atoms with E-state index in [-0.39, 0.29) is 12.3 Å². The van der Waals surface area contributed by atoms with Gasteiger partial charge in [0.15, 0.2) is 0 Å². The zero-order valence-corrected chi connectivity index (χ0v) is 16.0. The van der Waals surface area contributed by atoms with Gasteiger partial charge in [0.2, 0.25) is 18.2 Å². The first-order valence-electron chi connectivity index (χ1n) is 9.51. The Balaban J connectivity index is 1.69. The summed E-state index contributed by atoms with van der Waals surface area (Å²) in [6, 6.07) is 5.84. The second-order valence-electron chi connectivity index (χ2n) is 7.53. The van der Waals surface area contributed by atoms with Gasteiger partial charge in [0.25, 0.3) is 0 Å². The second-order valence-corrected chi connectivity index (χ2v) is 7.53. The molecule has 0 saturated carbocycles. The van der Waals surface area contributed by atoms with E-state index in [4.69, 9.17) is 0 Å². The fourth-order valence-electron chi connectivity index (χ4n) is 3.83. The minimum absolute atomic E-state index is 0.249. The van der Waals surface area contributed by atoms with Crippen LogP contribution in [0.4, 0.5) is 0 Å². The average Bonchev–Trinajstić information content (AvgIpc) is 2.65. The van der Waals surface area contributed by atoms with E-state index >= 15 is 0 Å². The molecule has 6 nitrogen and oxygen atoms in total. The second kappa shape index (κ2) is 8.48. The summed E-state index contributed by atoms with van der Waals surface area (Å²) in [7, 11) is 2.16. The number of amides is 3. The van der Waals surface area contributed by atoms with Crippen LogP contribution in [0.2, 0.25) is 0 Å². The maximum Gasteiger partial charge on any atom is 0.249 e. The highest BCUT2D eigenvalue weighted by Crippen LogP contribution is 2.29. The highest BCUT2D eigenvalue weighted by atomic mass is 16.2. The molecule has 2 aliphatic heterocycles. The number of aryl methyl sites for hydroxylation is 1. The average molecular weight is 369 g/mol. The lowest BCUT2D eigenvalue weighted by molar-refractivity contribution is -0.139. The van der Waals surface area contributed by atoms with Crippen molar-refractivity contribution >= 4 is 24.3 Å². The van der Waals surface area contributed by atoms with E-state index in [2.05, 4.69) is 42.4 Å². The van der Waals surface area contributed by atoms with Gasteiger partial charge in [0.05, 0.1) is 0 Å². The van der Waals surface area contributed by atoms with Gasteiger partial charge >= 0.3 is 0 Å². The molecule has 2 saturated heterocycles. The molecule has 0 aliphatic carbocycles. The number of likely N-dealkylation sites (tertiary alicyclic amines) is 1. The summed E-state index contributed by atoms with van der Waals surface area (Å²) < 4.78 is 0. The molecule has 1 aromatic carbocycles. The largest absolute Gasteiger partial charge is 0.309 e. The summed E-state index contributed by atoms with van der Waals surface area (Å²) in [5, 5.41) is 2.28. The molecule has 0 radical (unpaired) electrons. The number of benzene rings is 1. The monoisotopic (exact) mass is 369 g/mol. The van der Waals surface area contributed by atoms with Gasteiger partial charge < -0.3 is 9.80 Å². The summed E-state index contributed by atoms with van der Waals surface area (Å²) in [5.41, 5.74) is 3.54. The number of hydrogen-bond acceptors (Lipinski definition) is 4. The Hall–Kier alpha value is -2.47. The Morgan fingerprint density at radius 2 is 1.93 bits per heavy atom. The van der Waals surface area contributed by atoms with Gasteiger partial charge in [0.1, 0.15) is 6.04 Å². The molecule has 2 fully saturated rings. The molecular weight excluding hydrogens is 342 g/mol. The molecule has 1 aromatic rings. The highest BCUT2D eigenvalue weighted by Gasteiger charge is 2.30. The molecule has 0 bridgehead atoms. The van der Waals surface area contributed by atoms with Crippen molar-refractivity contribution in [3.63, 3.8) is 0 Å². The zero-order chi connectivity index (χ0) is 19.4. The van der Waals surface area contributed by atoms with Crippen molar-refractivity contribution in [3.8, 4) is 0 Å². The molecule has 3 rings (SSSR count). The third-order valence-electron chi connectivity index (χ3n) is 5.60. The quantitative estimate of drug-likeness (QED) is 0.637. The maximum atomic E-state index is 12.0. The van der Waals surface area contributed by atoms with Crippen molar-refractivity contribution in [2.75, 3.05) is 20.1 Å². The lowest BCUT2D eigenvalue weighted by Crippen LogP contribution is -2.50. The molecule has 1 unspecified atom stereocenters. The molecule has 2 heterocycles. The van der Waals surface area contributed by atoms with Crippen molar-refractivity contribution in [3.05, 3.63) is 41.1 Å². The molecule has 144 valence electrons. The van der Waals surface area contributed by atoms with Gasteiger partial charge in [-0.3, -0.25) is 19.7 Å². The SMILES string of the molecule is Cc1cc(C2CCN(C)CC2)ccc1/C=C\N(C=O)C1CCC(=O)NC1=O. The molecular formula is C21H27N3O3. The number of rotatable bonds is 5. The van der Waals surface area contributed by atoms with Crippen LogP contribution in [-0.4, -0.2) is 54.2 Å². The van der Waals surface area contributed by atoms with Gasteiger partial charge in [0, 0.05) is 12.6 Å². The van der Waals surface area contributed by atoms with Crippen LogP contribution in [0.25, 0.3) is 6.08 Å². The van der Waals surface area contributed by atoms with Crippen LogP contribution in [0, 0.1) is 6.92 Å². The number of nitrogens with zero attached hydrogens (tertiary/aromatic N) is 2. The lowest BCUT2D eigenvalue weighted by Gasteiger charge is -2.29. The Bertz CT molecular complexity index is 751. The van der Waals surface area contributed by atoms with Gasteiger partial charge in [-0.15, -0.1) is 0 Å². The van der Waals surface area contributed by atoms with Crippen LogP contribution in [0.15, 0.2) is 24.4 Å². The third-order valence-corrected chi connectivity index (χ3v) is 5.60. The first-order valence-corrected chi connectivity index (χ1v) is 9.51. The molecule has 1 atom stereocenters. The van der Waals surface area contributed by atoms with Crippen LogP contribution >= 0.6 is 0 Å². The van der Waals surface area contributed by atoms with E-state index in [1.54, 1.807) is 6.20 Å². The minimum Gasteiger partial charge on any atom is -0.309 e. The standard InChI is InChI=1S/C21H27N3O3/c1-15-13-18(17-7-10-23(2)11-8-17)4-3-16(15)9-12-24(14-25)19-5-6-20(26)22-21(19)27/h3-4,9,12-14,17,19H,5-8,10-11H2,1-2H3,(H,22,26,27)/b12-9-. The van der Waals surface area contributed by atoms with E-state index in [1.165, 1.54) is 23.3 Å². The number of carbonyl (C=O) groups is 3. The predicted molar refractivity (Wildman–Crippen MR) is 104 cm³/mol. The summed E-state index contributed by atoms with van der Waals surface area (Å²) >= 11 is 0. The van der Waals surface area contributed by atoms with Crippen molar-refractivity contribution in [1.29, 1.82) is 0 Å². The summed E-state index contributed by atoms with van der Waals surface area (Å²) in [5.74, 6) is -0.100. The van der Waals surface area contributed by atoms with Crippen LogP contribution in [0.1, 0.15) is 48.3 Å². The Morgan fingerprint density at radius 1 is 1.19 bits per heavy atom. The molecule has 3 amide bonds. The number of carbonyl (C=O) groups excluding carboxylic acids is 3. The van der Waals surface area contributed by atoms with E-state index in [0.717, 1.165) is 24.2 Å². The molecule has 1 N–H and O–H groups in total. The van der Waals surface area contributed by atoms with Crippen molar-refractivity contribution in [2.24, 2.45) is 0 Å². The Kier molecular flexibility index (Phi) is 6.06.